The van der Waals surface area contributed by atoms with E-state index in [9.17, 15) is 9.59 Å². The van der Waals surface area contributed by atoms with Gasteiger partial charge in [0.1, 0.15) is 5.54 Å². The first kappa shape index (κ1) is 21.4. The molecule has 1 N–H and O–H groups in total. The Morgan fingerprint density at radius 1 is 1.24 bits per heavy atom. The quantitative estimate of drug-likeness (QED) is 0.737. The molecule has 1 aliphatic rings. The van der Waals surface area contributed by atoms with Gasteiger partial charge in [-0.25, -0.2) is 0 Å². The zero-order valence-corrected chi connectivity index (χ0v) is 18.3. The van der Waals surface area contributed by atoms with Crippen LogP contribution in [0.3, 0.4) is 0 Å². The molecule has 1 atom stereocenters. The molecule has 0 spiro atoms. The van der Waals surface area contributed by atoms with Gasteiger partial charge in [-0.1, -0.05) is 43.6 Å². The van der Waals surface area contributed by atoms with E-state index in [4.69, 9.17) is 11.6 Å². The molecule has 0 unspecified atom stereocenters. The molecule has 2 amide bonds. The molecule has 1 aliphatic heterocycles. The second kappa shape index (κ2) is 8.58. The Morgan fingerprint density at radius 2 is 1.97 bits per heavy atom. The van der Waals surface area contributed by atoms with E-state index in [2.05, 4.69) is 19.2 Å². The lowest BCUT2D eigenvalue weighted by Crippen LogP contribution is -2.59. The number of hydrogen-bond acceptors (Lipinski definition) is 2. The summed E-state index contributed by atoms with van der Waals surface area (Å²) in [6, 6.07) is 13.1. The molecule has 3 rings (SSSR count). The molecule has 0 aliphatic carbocycles. The van der Waals surface area contributed by atoms with Crippen molar-refractivity contribution in [1.82, 2.24) is 5.32 Å². The van der Waals surface area contributed by atoms with Gasteiger partial charge in [0.15, 0.2) is 0 Å². The minimum Gasteiger partial charge on any atom is -0.354 e. The molecular weight excluding hydrogens is 384 g/mol. The number of benzene rings is 2. The van der Waals surface area contributed by atoms with Gasteiger partial charge in [0.25, 0.3) is 5.91 Å². The molecule has 0 saturated carbocycles. The molecule has 0 fully saturated rings. The van der Waals surface area contributed by atoms with Crippen LogP contribution in [0.1, 0.15) is 55.1 Å². The lowest BCUT2D eigenvalue weighted by molar-refractivity contribution is -0.126. The molecule has 0 bridgehead atoms. The van der Waals surface area contributed by atoms with Crippen molar-refractivity contribution in [2.24, 2.45) is 5.92 Å². The van der Waals surface area contributed by atoms with Gasteiger partial charge in [-0.2, -0.15) is 0 Å². The minimum absolute atomic E-state index is 0.117. The maximum atomic E-state index is 13.7. The summed E-state index contributed by atoms with van der Waals surface area (Å²) < 4.78 is 0. The van der Waals surface area contributed by atoms with Gasteiger partial charge in [0.2, 0.25) is 5.91 Å². The van der Waals surface area contributed by atoms with E-state index >= 15 is 0 Å². The Hall–Kier alpha value is -2.33. The number of anilines is 1. The average molecular weight is 413 g/mol. The first-order valence-corrected chi connectivity index (χ1v) is 10.6. The summed E-state index contributed by atoms with van der Waals surface area (Å²) in [4.78, 5) is 28.7. The van der Waals surface area contributed by atoms with Gasteiger partial charge in [-0.3, -0.25) is 14.5 Å². The number of amides is 2. The SMILES string of the molecule is Cc1cc(Cl)ccc1N1C(=O)c2ccccc2CC[C@@]1(C)C(=O)NCCC(C)C. The molecule has 5 heteroatoms. The number of hydrogen-bond donors (Lipinski definition) is 1. The molecule has 0 saturated heterocycles. The Kier molecular flexibility index (Phi) is 6.33. The van der Waals surface area contributed by atoms with Gasteiger partial charge < -0.3 is 5.32 Å². The number of aryl methyl sites for hydroxylation is 2. The highest BCUT2D eigenvalue weighted by Crippen LogP contribution is 2.37. The van der Waals surface area contributed by atoms with Crippen LogP contribution in [-0.4, -0.2) is 23.9 Å². The van der Waals surface area contributed by atoms with Crippen LogP contribution in [-0.2, 0) is 11.2 Å². The summed E-state index contributed by atoms with van der Waals surface area (Å²) in [5.74, 6) is 0.233. The third kappa shape index (κ3) is 4.32. The van der Waals surface area contributed by atoms with Crippen LogP contribution >= 0.6 is 11.6 Å². The number of carbonyl (C=O) groups excluding carboxylic acids is 2. The van der Waals surface area contributed by atoms with E-state index < -0.39 is 5.54 Å². The highest BCUT2D eigenvalue weighted by Gasteiger charge is 2.45. The minimum atomic E-state index is -0.994. The number of nitrogens with one attached hydrogen (secondary N) is 1. The maximum absolute atomic E-state index is 13.7. The van der Waals surface area contributed by atoms with Gasteiger partial charge in [-0.15, -0.1) is 0 Å². The van der Waals surface area contributed by atoms with E-state index in [0.29, 0.717) is 35.9 Å². The molecule has 29 heavy (non-hydrogen) atoms. The van der Waals surface area contributed by atoms with Crippen LogP contribution in [0, 0.1) is 12.8 Å². The lowest BCUT2D eigenvalue weighted by Gasteiger charge is -2.39. The summed E-state index contributed by atoms with van der Waals surface area (Å²) in [5, 5.41) is 3.68. The van der Waals surface area contributed by atoms with Crippen molar-refractivity contribution in [2.75, 3.05) is 11.4 Å². The van der Waals surface area contributed by atoms with E-state index in [1.165, 1.54) is 0 Å². The van der Waals surface area contributed by atoms with Crippen LogP contribution in [0.4, 0.5) is 5.69 Å². The molecule has 2 aromatic carbocycles. The molecule has 1 heterocycles. The fourth-order valence-corrected chi connectivity index (χ4v) is 4.13. The second-order valence-electron chi connectivity index (χ2n) is 8.44. The monoisotopic (exact) mass is 412 g/mol. The number of nitrogens with zero attached hydrogens (tertiary/aromatic N) is 1. The van der Waals surface area contributed by atoms with E-state index in [1.807, 2.05) is 50.2 Å². The van der Waals surface area contributed by atoms with E-state index in [-0.39, 0.29) is 11.8 Å². The van der Waals surface area contributed by atoms with Crippen molar-refractivity contribution < 1.29 is 9.59 Å². The third-order valence-corrected chi connectivity index (χ3v) is 5.96. The summed E-state index contributed by atoms with van der Waals surface area (Å²) in [5.41, 5.74) is 2.23. The summed E-state index contributed by atoms with van der Waals surface area (Å²) in [6.45, 7) is 8.64. The first-order valence-electron chi connectivity index (χ1n) is 10.2. The second-order valence-corrected chi connectivity index (χ2v) is 8.88. The van der Waals surface area contributed by atoms with Crippen LogP contribution < -0.4 is 10.2 Å². The van der Waals surface area contributed by atoms with Crippen molar-refractivity contribution in [3.63, 3.8) is 0 Å². The molecule has 0 radical (unpaired) electrons. The highest BCUT2D eigenvalue weighted by atomic mass is 35.5. The number of halogens is 1. The molecule has 154 valence electrons. The highest BCUT2D eigenvalue weighted by molar-refractivity contribution is 6.30. The summed E-state index contributed by atoms with van der Waals surface area (Å²) >= 11 is 6.15. The number of rotatable bonds is 5. The Morgan fingerprint density at radius 3 is 2.66 bits per heavy atom. The van der Waals surface area contributed by atoms with Gasteiger partial charge in [0.05, 0.1) is 0 Å². The van der Waals surface area contributed by atoms with Gasteiger partial charge in [0, 0.05) is 22.8 Å². The zero-order chi connectivity index (χ0) is 21.2. The normalized spacial score (nSPS) is 19.1. The van der Waals surface area contributed by atoms with Crippen molar-refractivity contribution in [1.29, 1.82) is 0 Å². The molecule has 4 nitrogen and oxygen atoms in total. The summed E-state index contributed by atoms with van der Waals surface area (Å²) in [6.07, 6.45) is 2.11. The summed E-state index contributed by atoms with van der Waals surface area (Å²) in [7, 11) is 0. The predicted molar refractivity (Wildman–Crippen MR) is 119 cm³/mol. The predicted octanol–water partition coefficient (Wildman–Crippen LogP) is 5.16. The van der Waals surface area contributed by atoms with E-state index in [0.717, 1.165) is 23.2 Å². The molecular formula is C24H29ClN2O2. The lowest BCUT2D eigenvalue weighted by atomic mass is 9.90. The fraction of sp³-hybridized carbons (Fsp3) is 0.417. The Bertz CT molecular complexity index is 925. The molecule has 2 aromatic rings. The largest absolute Gasteiger partial charge is 0.354 e. The topological polar surface area (TPSA) is 49.4 Å². The average Bonchev–Trinajstić information content (AvgIpc) is 2.78. The number of carbonyl (C=O) groups is 2. The Labute approximate surface area is 178 Å². The van der Waals surface area contributed by atoms with Gasteiger partial charge >= 0.3 is 0 Å². The smallest absolute Gasteiger partial charge is 0.259 e. The fourth-order valence-electron chi connectivity index (χ4n) is 3.91. The van der Waals surface area contributed by atoms with Crippen molar-refractivity contribution in [3.05, 3.63) is 64.2 Å². The van der Waals surface area contributed by atoms with E-state index in [1.54, 1.807) is 11.0 Å². The zero-order valence-electron chi connectivity index (χ0n) is 17.6. The van der Waals surface area contributed by atoms with Crippen LogP contribution in [0.2, 0.25) is 5.02 Å². The standard InChI is InChI=1S/C24H29ClN2O2/c1-16(2)12-14-26-23(29)24(4)13-11-18-7-5-6-8-20(18)22(28)27(24)21-10-9-19(25)15-17(21)3/h5-10,15-16H,11-14H2,1-4H3,(H,26,29)/t24-/m0/s1. The molecule has 0 aromatic heterocycles. The first-order chi connectivity index (χ1) is 13.7. The van der Waals surface area contributed by atoms with Crippen molar-refractivity contribution in [2.45, 2.75) is 52.5 Å². The maximum Gasteiger partial charge on any atom is 0.259 e. The Balaban J connectivity index is 2.07. The van der Waals surface area contributed by atoms with Gasteiger partial charge in [-0.05, 0) is 74.4 Å². The third-order valence-electron chi connectivity index (χ3n) is 5.72. The van der Waals surface area contributed by atoms with Crippen LogP contribution in [0.25, 0.3) is 0 Å². The van der Waals surface area contributed by atoms with Crippen molar-refractivity contribution >= 4 is 29.1 Å². The number of fused-ring (bicyclic) bond motifs is 1. The van der Waals surface area contributed by atoms with Crippen LogP contribution in [0.15, 0.2) is 42.5 Å². The van der Waals surface area contributed by atoms with Crippen LogP contribution in [0.5, 0.6) is 0 Å². The van der Waals surface area contributed by atoms with Crippen molar-refractivity contribution in [3.8, 4) is 0 Å².